The lowest BCUT2D eigenvalue weighted by Crippen LogP contribution is -2.26. The van der Waals surface area contributed by atoms with E-state index in [-0.39, 0.29) is 35.4 Å². The highest BCUT2D eigenvalue weighted by Gasteiger charge is 2.50. The molecular weight excluding hydrogens is 275 g/mol. The number of carbonyl (C=O) groups is 2. The second-order valence-electron chi connectivity index (χ2n) is 6.67. The van der Waals surface area contributed by atoms with Crippen molar-refractivity contribution >= 4 is 21.2 Å². The molecule has 5 unspecified atom stereocenters. The smallest absolute Gasteiger partial charge is 0.306 e. The van der Waals surface area contributed by atoms with E-state index < -0.39 is 0 Å². The van der Waals surface area contributed by atoms with E-state index in [9.17, 15) is 9.59 Å². The molecule has 0 bridgehead atoms. The molecule has 1 aliphatic heterocycles. The molecule has 1 aliphatic carbocycles. The molecule has 0 aromatic rings. The molecule has 4 nitrogen and oxygen atoms in total. The maximum atomic E-state index is 12.3. The fourth-order valence-electron chi connectivity index (χ4n) is 3.35. The van der Waals surface area contributed by atoms with E-state index in [2.05, 4.69) is 9.47 Å². The third-order valence-corrected chi connectivity index (χ3v) is 5.52. The van der Waals surface area contributed by atoms with Crippen molar-refractivity contribution in [3.63, 3.8) is 0 Å². The van der Waals surface area contributed by atoms with E-state index >= 15 is 0 Å². The predicted molar refractivity (Wildman–Crippen MR) is 79.0 cm³/mol. The highest BCUT2D eigenvalue weighted by molar-refractivity contribution is 7.09. The Morgan fingerprint density at radius 3 is 2.80 bits per heavy atom. The van der Waals surface area contributed by atoms with Crippen LogP contribution in [-0.4, -0.2) is 24.0 Å². The number of ether oxygens (including phenoxy) is 1. The van der Waals surface area contributed by atoms with Gasteiger partial charge in [0.2, 0.25) is 0 Å². The Bertz CT molecular complexity index is 393. The molecule has 0 spiro atoms. The van der Waals surface area contributed by atoms with Gasteiger partial charge in [0.15, 0.2) is 0 Å². The van der Waals surface area contributed by atoms with Gasteiger partial charge in [-0.3, -0.25) is 9.59 Å². The summed E-state index contributed by atoms with van der Waals surface area (Å²) in [6.07, 6.45) is 3.52. The summed E-state index contributed by atoms with van der Waals surface area (Å²) in [5.74, 6) is 0.676. The number of rotatable bonds is 6. The van der Waals surface area contributed by atoms with Gasteiger partial charge < -0.3 is 9.26 Å². The molecule has 0 aromatic carbocycles. The second kappa shape index (κ2) is 6.11. The molecule has 1 saturated carbocycles. The molecule has 0 aromatic heterocycles. The lowest BCUT2D eigenvalue weighted by Gasteiger charge is -2.25. The molecule has 1 heterocycles. The standard InChI is InChI=1S/C15H25O4P/c1-4-15(2,3)13(16)6-5-9-10-7-14(17)18-11(10)8-12(9)19-20/h9-12H,4-8,20H2,1-3H3. The lowest BCUT2D eigenvalue weighted by molar-refractivity contribution is -0.141. The monoisotopic (exact) mass is 300 g/mol. The Hall–Kier alpha value is -0.470. The van der Waals surface area contributed by atoms with Gasteiger partial charge in [-0.05, 0) is 18.8 Å². The summed E-state index contributed by atoms with van der Waals surface area (Å²) in [7, 11) is 2.31. The van der Waals surface area contributed by atoms with Crippen LogP contribution in [0.15, 0.2) is 0 Å². The third kappa shape index (κ3) is 3.07. The van der Waals surface area contributed by atoms with Crippen LogP contribution in [0.4, 0.5) is 0 Å². The topological polar surface area (TPSA) is 52.6 Å². The van der Waals surface area contributed by atoms with Crippen LogP contribution in [0.2, 0.25) is 0 Å². The summed E-state index contributed by atoms with van der Waals surface area (Å²) >= 11 is 0. The van der Waals surface area contributed by atoms with Crippen LogP contribution < -0.4 is 0 Å². The maximum Gasteiger partial charge on any atom is 0.306 e. The summed E-state index contributed by atoms with van der Waals surface area (Å²) in [6, 6.07) is 0. The summed E-state index contributed by atoms with van der Waals surface area (Å²) in [6.45, 7) is 6.04. The molecule has 2 fully saturated rings. The molecule has 0 N–H and O–H groups in total. The quantitative estimate of drug-likeness (QED) is 0.559. The Kier molecular flexibility index (Phi) is 4.86. The predicted octanol–water partition coefficient (Wildman–Crippen LogP) is 2.90. The molecule has 1 saturated heterocycles. The molecule has 5 heteroatoms. The van der Waals surface area contributed by atoms with Crippen LogP contribution in [0.5, 0.6) is 0 Å². The number of esters is 1. The number of hydrogen-bond acceptors (Lipinski definition) is 4. The van der Waals surface area contributed by atoms with Crippen molar-refractivity contribution in [1.82, 2.24) is 0 Å². The van der Waals surface area contributed by atoms with Crippen molar-refractivity contribution in [1.29, 1.82) is 0 Å². The van der Waals surface area contributed by atoms with Crippen LogP contribution in [0.25, 0.3) is 0 Å². The van der Waals surface area contributed by atoms with Gasteiger partial charge in [0.1, 0.15) is 11.9 Å². The highest BCUT2D eigenvalue weighted by atomic mass is 31.0. The van der Waals surface area contributed by atoms with Crippen molar-refractivity contribution in [3.05, 3.63) is 0 Å². The van der Waals surface area contributed by atoms with Gasteiger partial charge in [-0.1, -0.05) is 20.8 Å². The number of fused-ring (bicyclic) bond motifs is 1. The van der Waals surface area contributed by atoms with Crippen LogP contribution in [-0.2, 0) is 18.8 Å². The molecule has 0 radical (unpaired) electrons. The van der Waals surface area contributed by atoms with Crippen LogP contribution in [0.3, 0.4) is 0 Å². The number of carbonyl (C=O) groups excluding carboxylic acids is 2. The molecule has 0 amide bonds. The Balaban J connectivity index is 1.96. The van der Waals surface area contributed by atoms with Crippen molar-refractivity contribution in [2.24, 2.45) is 17.3 Å². The Morgan fingerprint density at radius 1 is 1.50 bits per heavy atom. The normalized spacial score (nSPS) is 33.1. The van der Waals surface area contributed by atoms with Crippen molar-refractivity contribution in [2.75, 3.05) is 0 Å². The molecule has 2 rings (SSSR count). The number of ketones is 1. The number of hydrogen-bond donors (Lipinski definition) is 0. The lowest BCUT2D eigenvalue weighted by atomic mass is 9.80. The fourth-order valence-corrected chi connectivity index (χ4v) is 3.66. The van der Waals surface area contributed by atoms with E-state index in [1.54, 1.807) is 0 Å². The average Bonchev–Trinajstić information content (AvgIpc) is 2.91. The van der Waals surface area contributed by atoms with Gasteiger partial charge in [-0.15, -0.1) is 0 Å². The minimum atomic E-state index is -0.253. The zero-order chi connectivity index (χ0) is 14.9. The van der Waals surface area contributed by atoms with Gasteiger partial charge in [-0.25, -0.2) is 0 Å². The summed E-state index contributed by atoms with van der Waals surface area (Å²) < 4.78 is 10.8. The van der Waals surface area contributed by atoms with Gasteiger partial charge in [0, 0.05) is 33.6 Å². The van der Waals surface area contributed by atoms with Crippen molar-refractivity contribution < 1.29 is 18.8 Å². The molecule has 5 atom stereocenters. The number of Topliss-reactive ketones (excluding diaryl/α,β-unsaturated/α-hetero) is 1. The van der Waals surface area contributed by atoms with E-state index in [0.717, 1.165) is 19.3 Å². The summed E-state index contributed by atoms with van der Waals surface area (Å²) in [4.78, 5) is 23.7. The van der Waals surface area contributed by atoms with Crippen LogP contribution in [0, 0.1) is 17.3 Å². The first kappa shape index (κ1) is 15.9. The highest BCUT2D eigenvalue weighted by Crippen LogP contribution is 2.45. The zero-order valence-electron chi connectivity index (χ0n) is 12.6. The van der Waals surface area contributed by atoms with Gasteiger partial charge in [0.05, 0.1) is 12.5 Å². The Labute approximate surface area is 123 Å². The minimum absolute atomic E-state index is 0.00710. The van der Waals surface area contributed by atoms with Gasteiger partial charge >= 0.3 is 5.97 Å². The second-order valence-corrected chi connectivity index (χ2v) is 6.94. The largest absolute Gasteiger partial charge is 0.462 e. The summed E-state index contributed by atoms with van der Waals surface area (Å²) in [5, 5.41) is 0. The first-order valence-corrected chi connectivity index (χ1v) is 7.94. The van der Waals surface area contributed by atoms with E-state index in [1.807, 2.05) is 20.8 Å². The Morgan fingerprint density at radius 2 is 2.20 bits per heavy atom. The van der Waals surface area contributed by atoms with Crippen molar-refractivity contribution in [3.8, 4) is 0 Å². The van der Waals surface area contributed by atoms with E-state index in [0.29, 0.717) is 18.6 Å². The third-order valence-electron chi connectivity index (χ3n) is 5.17. The molecule has 114 valence electrons. The van der Waals surface area contributed by atoms with Crippen LogP contribution >= 0.6 is 9.47 Å². The first-order valence-electron chi connectivity index (χ1n) is 7.47. The zero-order valence-corrected chi connectivity index (χ0v) is 13.7. The minimum Gasteiger partial charge on any atom is -0.462 e. The molecular formula is C15H25O4P. The van der Waals surface area contributed by atoms with Gasteiger partial charge in [-0.2, -0.15) is 0 Å². The first-order chi connectivity index (χ1) is 9.39. The molecule has 20 heavy (non-hydrogen) atoms. The summed E-state index contributed by atoms with van der Waals surface area (Å²) in [5.41, 5.74) is -0.253. The van der Waals surface area contributed by atoms with E-state index in [1.165, 1.54) is 0 Å². The van der Waals surface area contributed by atoms with E-state index in [4.69, 9.17) is 9.26 Å². The average molecular weight is 300 g/mol. The van der Waals surface area contributed by atoms with Gasteiger partial charge in [0.25, 0.3) is 0 Å². The molecule has 2 aliphatic rings. The fraction of sp³-hybridized carbons (Fsp3) is 0.867. The van der Waals surface area contributed by atoms with Crippen LogP contribution in [0.1, 0.15) is 52.9 Å². The van der Waals surface area contributed by atoms with Crippen molar-refractivity contribution in [2.45, 2.75) is 65.1 Å². The maximum absolute atomic E-state index is 12.3. The SMILES string of the molecule is CCC(C)(C)C(=O)CCC1C(OP)CC2OC(=O)CC21.